The zero-order chi connectivity index (χ0) is 12.7. The van der Waals surface area contributed by atoms with Crippen LogP contribution in [0.15, 0.2) is 28.7 Å². The number of ether oxygens (including phenoxy) is 1. The van der Waals surface area contributed by atoms with Crippen LogP contribution in [-0.4, -0.2) is 25.1 Å². The van der Waals surface area contributed by atoms with Crippen molar-refractivity contribution < 1.29 is 9.53 Å². The maximum Gasteiger partial charge on any atom is 0.221 e. The summed E-state index contributed by atoms with van der Waals surface area (Å²) in [6.45, 7) is 2.73. The zero-order valence-corrected chi connectivity index (χ0v) is 11.4. The van der Waals surface area contributed by atoms with Gasteiger partial charge in [0.1, 0.15) is 12.4 Å². The van der Waals surface area contributed by atoms with Crippen LogP contribution in [0.3, 0.4) is 0 Å². The lowest BCUT2D eigenvalue weighted by Gasteiger charge is -2.09. The fraction of sp³-hybridized carbons (Fsp3) is 0.417. The SMILES string of the molecule is CC(N)CC(=O)NCCOc1cccc(Br)c1. The summed E-state index contributed by atoms with van der Waals surface area (Å²) >= 11 is 3.36. The van der Waals surface area contributed by atoms with Crippen molar-refractivity contribution in [1.29, 1.82) is 0 Å². The molecule has 0 saturated heterocycles. The lowest BCUT2D eigenvalue weighted by atomic mass is 10.2. The van der Waals surface area contributed by atoms with Gasteiger partial charge in [0, 0.05) is 16.9 Å². The highest BCUT2D eigenvalue weighted by atomic mass is 79.9. The van der Waals surface area contributed by atoms with E-state index >= 15 is 0 Å². The largest absolute Gasteiger partial charge is 0.492 e. The van der Waals surface area contributed by atoms with E-state index in [4.69, 9.17) is 10.5 Å². The Morgan fingerprint density at radius 1 is 1.59 bits per heavy atom. The fourth-order valence-electron chi connectivity index (χ4n) is 1.28. The number of nitrogens with one attached hydrogen (secondary N) is 1. The summed E-state index contributed by atoms with van der Waals surface area (Å²) in [4.78, 5) is 11.3. The molecule has 0 aliphatic heterocycles. The first-order valence-corrected chi connectivity index (χ1v) is 6.28. The average molecular weight is 301 g/mol. The Morgan fingerprint density at radius 2 is 2.35 bits per heavy atom. The number of hydrogen-bond acceptors (Lipinski definition) is 3. The summed E-state index contributed by atoms with van der Waals surface area (Å²) in [6, 6.07) is 7.46. The fourth-order valence-corrected chi connectivity index (χ4v) is 1.66. The third-order valence-corrected chi connectivity index (χ3v) is 2.49. The van der Waals surface area contributed by atoms with Crippen LogP contribution in [0.2, 0.25) is 0 Å². The zero-order valence-electron chi connectivity index (χ0n) is 9.78. The highest BCUT2D eigenvalue weighted by Crippen LogP contribution is 2.17. The molecule has 94 valence electrons. The lowest BCUT2D eigenvalue weighted by Crippen LogP contribution is -2.32. The van der Waals surface area contributed by atoms with Gasteiger partial charge in [0.05, 0.1) is 6.54 Å². The molecule has 0 fully saturated rings. The first kappa shape index (κ1) is 14.0. The van der Waals surface area contributed by atoms with Crippen LogP contribution in [0.1, 0.15) is 13.3 Å². The van der Waals surface area contributed by atoms with E-state index in [0.29, 0.717) is 19.6 Å². The van der Waals surface area contributed by atoms with Gasteiger partial charge in [-0.25, -0.2) is 0 Å². The Kier molecular flexibility index (Phi) is 6.00. The molecular formula is C12H17BrN2O2. The molecule has 0 bridgehead atoms. The molecule has 1 unspecified atom stereocenters. The maximum atomic E-state index is 11.3. The van der Waals surface area contributed by atoms with Crippen LogP contribution in [0, 0.1) is 0 Å². The number of amides is 1. The summed E-state index contributed by atoms with van der Waals surface area (Å²) in [6.07, 6.45) is 0.344. The van der Waals surface area contributed by atoms with Crippen molar-refractivity contribution >= 4 is 21.8 Å². The van der Waals surface area contributed by atoms with E-state index in [1.165, 1.54) is 0 Å². The van der Waals surface area contributed by atoms with E-state index in [9.17, 15) is 4.79 Å². The number of benzene rings is 1. The smallest absolute Gasteiger partial charge is 0.221 e. The highest BCUT2D eigenvalue weighted by Gasteiger charge is 2.03. The minimum absolute atomic E-state index is 0.0437. The molecule has 0 heterocycles. The number of carbonyl (C=O) groups excluding carboxylic acids is 1. The van der Waals surface area contributed by atoms with Gasteiger partial charge in [-0.15, -0.1) is 0 Å². The van der Waals surface area contributed by atoms with Crippen molar-refractivity contribution in [2.75, 3.05) is 13.2 Å². The van der Waals surface area contributed by atoms with Crippen molar-refractivity contribution in [1.82, 2.24) is 5.32 Å². The number of carbonyl (C=O) groups is 1. The Bertz CT molecular complexity index is 369. The molecule has 1 amide bonds. The second-order valence-electron chi connectivity index (χ2n) is 3.84. The molecular weight excluding hydrogens is 284 g/mol. The van der Waals surface area contributed by atoms with E-state index in [-0.39, 0.29) is 11.9 Å². The summed E-state index contributed by atoms with van der Waals surface area (Å²) in [7, 11) is 0. The van der Waals surface area contributed by atoms with Gasteiger partial charge in [0.25, 0.3) is 0 Å². The highest BCUT2D eigenvalue weighted by molar-refractivity contribution is 9.10. The van der Waals surface area contributed by atoms with E-state index in [2.05, 4.69) is 21.2 Å². The Labute approximate surface area is 110 Å². The number of nitrogens with two attached hydrogens (primary N) is 1. The van der Waals surface area contributed by atoms with Crippen LogP contribution in [0.25, 0.3) is 0 Å². The molecule has 1 aromatic rings. The monoisotopic (exact) mass is 300 g/mol. The molecule has 0 aliphatic rings. The lowest BCUT2D eigenvalue weighted by molar-refractivity contribution is -0.121. The third-order valence-electron chi connectivity index (χ3n) is 2.00. The molecule has 4 nitrogen and oxygen atoms in total. The predicted molar refractivity (Wildman–Crippen MR) is 70.9 cm³/mol. The summed E-state index contributed by atoms with van der Waals surface area (Å²) in [5.41, 5.74) is 5.51. The molecule has 0 radical (unpaired) electrons. The van der Waals surface area contributed by atoms with Crippen LogP contribution in [0.4, 0.5) is 0 Å². The van der Waals surface area contributed by atoms with E-state index in [0.717, 1.165) is 10.2 Å². The van der Waals surface area contributed by atoms with Crippen LogP contribution in [0.5, 0.6) is 5.75 Å². The van der Waals surface area contributed by atoms with Gasteiger partial charge in [-0.2, -0.15) is 0 Å². The summed E-state index contributed by atoms with van der Waals surface area (Å²) in [5, 5.41) is 2.74. The minimum atomic E-state index is -0.110. The molecule has 0 aliphatic carbocycles. The molecule has 1 rings (SSSR count). The van der Waals surface area contributed by atoms with Crippen LogP contribution < -0.4 is 15.8 Å². The molecule has 17 heavy (non-hydrogen) atoms. The molecule has 0 spiro atoms. The Hall–Kier alpha value is -1.07. The number of halogens is 1. The normalized spacial score (nSPS) is 11.9. The Balaban J connectivity index is 2.18. The van der Waals surface area contributed by atoms with Crippen molar-refractivity contribution in [3.63, 3.8) is 0 Å². The van der Waals surface area contributed by atoms with Crippen molar-refractivity contribution in [3.05, 3.63) is 28.7 Å². The molecule has 1 aromatic carbocycles. The molecule has 3 N–H and O–H groups in total. The van der Waals surface area contributed by atoms with Gasteiger partial charge in [-0.3, -0.25) is 4.79 Å². The Morgan fingerprint density at radius 3 is 3.00 bits per heavy atom. The molecule has 5 heteroatoms. The van der Waals surface area contributed by atoms with Gasteiger partial charge >= 0.3 is 0 Å². The van der Waals surface area contributed by atoms with Gasteiger partial charge in [0.15, 0.2) is 0 Å². The molecule has 1 atom stereocenters. The van der Waals surface area contributed by atoms with E-state index in [1.54, 1.807) is 6.92 Å². The molecule has 0 saturated carbocycles. The average Bonchev–Trinajstić information content (AvgIpc) is 2.23. The van der Waals surface area contributed by atoms with E-state index < -0.39 is 0 Å². The standard InChI is InChI=1S/C12H17BrN2O2/c1-9(14)7-12(16)15-5-6-17-11-4-2-3-10(13)8-11/h2-4,8-9H,5-7,14H2,1H3,(H,15,16). The number of hydrogen-bond donors (Lipinski definition) is 2. The van der Waals surface area contributed by atoms with Crippen molar-refractivity contribution in [2.45, 2.75) is 19.4 Å². The number of rotatable bonds is 6. The van der Waals surface area contributed by atoms with Gasteiger partial charge in [0.2, 0.25) is 5.91 Å². The first-order valence-electron chi connectivity index (χ1n) is 5.48. The van der Waals surface area contributed by atoms with Gasteiger partial charge in [-0.05, 0) is 25.1 Å². The maximum absolute atomic E-state index is 11.3. The van der Waals surface area contributed by atoms with Crippen LogP contribution in [-0.2, 0) is 4.79 Å². The van der Waals surface area contributed by atoms with Gasteiger partial charge < -0.3 is 15.8 Å². The quantitative estimate of drug-likeness (QED) is 0.786. The van der Waals surface area contributed by atoms with Gasteiger partial charge in [-0.1, -0.05) is 22.0 Å². The third kappa shape index (κ3) is 6.28. The van der Waals surface area contributed by atoms with Crippen molar-refractivity contribution in [3.8, 4) is 5.75 Å². The van der Waals surface area contributed by atoms with E-state index in [1.807, 2.05) is 24.3 Å². The molecule has 0 aromatic heterocycles. The first-order chi connectivity index (χ1) is 8.08. The van der Waals surface area contributed by atoms with Crippen LogP contribution >= 0.6 is 15.9 Å². The van der Waals surface area contributed by atoms with Crippen molar-refractivity contribution in [2.24, 2.45) is 5.73 Å². The second kappa shape index (κ2) is 7.29. The summed E-state index contributed by atoms with van der Waals surface area (Å²) in [5.74, 6) is 0.735. The summed E-state index contributed by atoms with van der Waals surface area (Å²) < 4.78 is 6.43. The minimum Gasteiger partial charge on any atom is -0.492 e. The predicted octanol–water partition coefficient (Wildman–Crippen LogP) is 1.68. The second-order valence-corrected chi connectivity index (χ2v) is 4.75. The topological polar surface area (TPSA) is 64.4 Å².